The Hall–Kier alpha value is -0.670. The Labute approximate surface area is 142 Å². The Kier molecular flexibility index (Phi) is 9.18. The van der Waals surface area contributed by atoms with Crippen LogP contribution in [-0.4, -0.2) is 26.9 Å². The molecule has 22 heavy (non-hydrogen) atoms. The van der Waals surface area contributed by atoms with E-state index in [1.807, 2.05) is 13.8 Å². The van der Waals surface area contributed by atoms with E-state index in [2.05, 4.69) is 10.0 Å². The molecule has 0 aromatic carbocycles. The topological polar surface area (TPSA) is 101 Å². The summed E-state index contributed by atoms with van der Waals surface area (Å²) in [7, 11) is -3.56. The zero-order valence-electron chi connectivity index (χ0n) is 13.0. The van der Waals surface area contributed by atoms with Gasteiger partial charge in [0.15, 0.2) is 0 Å². The third-order valence-corrected chi connectivity index (χ3v) is 5.87. The number of hydrogen-bond acceptors (Lipinski definition) is 5. The monoisotopic (exact) mass is 369 g/mol. The van der Waals surface area contributed by atoms with Crippen LogP contribution in [-0.2, 0) is 21.4 Å². The Morgan fingerprint density at radius 1 is 1.36 bits per heavy atom. The molecule has 1 amide bonds. The summed E-state index contributed by atoms with van der Waals surface area (Å²) >= 11 is 1.15. The molecule has 0 aliphatic carbocycles. The van der Waals surface area contributed by atoms with Crippen molar-refractivity contribution in [2.45, 2.75) is 44.0 Å². The van der Waals surface area contributed by atoms with Crippen molar-refractivity contribution in [3.63, 3.8) is 0 Å². The van der Waals surface area contributed by atoms with Gasteiger partial charge in [0.05, 0.1) is 6.54 Å². The fourth-order valence-electron chi connectivity index (χ4n) is 1.85. The standard InChI is InChI=1S/C13H23N3O3S2.ClH/c1-9(2)6-11(7-14)16-21(18,19)13-5-4-12(20-13)8-15-10(3)17;/h4-5,9,11,16H,6-8,14H2,1-3H3,(H,15,17);1H. The second-order valence-electron chi connectivity index (χ2n) is 5.31. The second-order valence-corrected chi connectivity index (χ2v) is 8.42. The van der Waals surface area contributed by atoms with Crippen LogP contribution in [0.5, 0.6) is 0 Å². The largest absolute Gasteiger partial charge is 0.351 e. The lowest BCUT2D eigenvalue weighted by atomic mass is 10.1. The van der Waals surface area contributed by atoms with E-state index >= 15 is 0 Å². The SMILES string of the molecule is CC(=O)NCc1ccc(S(=O)(=O)NC(CN)CC(C)C)s1.Cl. The van der Waals surface area contributed by atoms with E-state index in [-0.39, 0.29) is 35.1 Å². The summed E-state index contributed by atoms with van der Waals surface area (Å²) in [6.07, 6.45) is 0.694. The minimum absolute atomic E-state index is 0. The quantitative estimate of drug-likeness (QED) is 0.645. The van der Waals surface area contributed by atoms with E-state index in [4.69, 9.17) is 5.73 Å². The van der Waals surface area contributed by atoms with Gasteiger partial charge in [-0.1, -0.05) is 13.8 Å². The maximum atomic E-state index is 12.3. The van der Waals surface area contributed by atoms with Crippen molar-refractivity contribution in [3.05, 3.63) is 17.0 Å². The summed E-state index contributed by atoms with van der Waals surface area (Å²) in [5, 5.41) is 2.64. The van der Waals surface area contributed by atoms with E-state index in [1.165, 1.54) is 6.92 Å². The van der Waals surface area contributed by atoms with E-state index in [0.29, 0.717) is 18.9 Å². The predicted molar refractivity (Wildman–Crippen MR) is 91.7 cm³/mol. The molecule has 1 unspecified atom stereocenters. The Bertz CT molecular complexity index is 573. The maximum absolute atomic E-state index is 12.3. The van der Waals surface area contributed by atoms with Crippen LogP contribution in [0.1, 0.15) is 32.1 Å². The zero-order valence-corrected chi connectivity index (χ0v) is 15.4. The van der Waals surface area contributed by atoms with Crippen molar-refractivity contribution >= 4 is 39.7 Å². The lowest BCUT2D eigenvalue weighted by Crippen LogP contribution is -2.40. The fraction of sp³-hybridized carbons (Fsp3) is 0.615. The smallest absolute Gasteiger partial charge is 0.250 e. The van der Waals surface area contributed by atoms with Gasteiger partial charge < -0.3 is 11.1 Å². The highest BCUT2D eigenvalue weighted by Gasteiger charge is 2.21. The van der Waals surface area contributed by atoms with E-state index in [9.17, 15) is 13.2 Å². The van der Waals surface area contributed by atoms with Crippen molar-refractivity contribution in [1.29, 1.82) is 0 Å². The molecule has 0 bridgehead atoms. The van der Waals surface area contributed by atoms with Crippen molar-refractivity contribution in [3.8, 4) is 0 Å². The number of halogens is 1. The summed E-state index contributed by atoms with van der Waals surface area (Å²) in [5.74, 6) is 0.214. The highest BCUT2D eigenvalue weighted by Crippen LogP contribution is 2.22. The number of hydrogen-bond donors (Lipinski definition) is 3. The number of sulfonamides is 1. The number of thiophene rings is 1. The first-order valence-electron chi connectivity index (χ1n) is 6.80. The third kappa shape index (κ3) is 7.06. The van der Waals surface area contributed by atoms with Gasteiger partial charge in [0.1, 0.15) is 4.21 Å². The summed E-state index contributed by atoms with van der Waals surface area (Å²) in [4.78, 5) is 11.6. The molecule has 0 spiro atoms. The molecule has 1 aromatic heterocycles. The first kappa shape index (κ1) is 21.3. The van der Waals surface area contributed by atoms with Crippen LogP contribution in [0, 0.1) is 5.92 Å². The molecule has 128 valence electrons. The molecule has 9 heteroatoms. The second kappa shape index (κ2) is 9.46. The first-order chi connectivity index (χ1) is 9.74. The van der Waals surface area contributed by atoms with Crippen LogP contribution >= 0.6 is 23.7 Å². The highest BCUT2D eigenvalue weighted by atomic mass is 35.5. The third-order valence-electron chi connectivity index (χ3n) is 2.78. The zero-order chi connectivity index (χ0) is 16.0. The van der Waals surface area contributed by atoms with Gasteiger partial charge >= 0.3 is 0 Å². The molecule has 4 N–H and O–H groups in total. The molecule has 6 nitrogen and oxygen atoms in total. The molecule has 0 aliphatic rings. The Morgan fingerprint density at radius 3 is 2.50 bits per heavy atom. The number of amides is 1. The Morgan fingerprint density at radius 2 is 2.00 bits per heavy atom. The number of carbonyl (C=O) groups excluding carboxylic acids is 1. The lowest BCUT2D eigenvalue weighted by Gasteiger charge is -2.18. The van der Waals surface area contributed by atoms with Gasteiger partial charge in [-0.2, -0.15) is 0 Å². The van der Waals surface area contributed by atoms with Gasteiger partial charge in [0.2, 0.25) is 15.9 Å². The fourth-order valence-corrected chi connectivity index (χ4v) is 4.42. The van der Waals surface area contributed by atoms with Crippen LogP contribution in [0.25, 0.3) is 0 Å². The van der Waals surface area contributed by atoms with Gasteiger partial charge in [-0.15, -0.1) is 23.7 Å². The molecule has 1 rings (SSSR count). The number of carbonyl (C=O) groups is 1. The minimum atomic E-state index is -3.56. The predicted octanol–water partition coefficient (Wildman–Crippen LogP) is 1.46. The van der Waals surface area contributed by atoms with E-state index < -0.39 is 10.0 Å². The van der Waals surface area contributed by atoms with Crippen LogP contribution in [0.15, 0.2) is 16.3 Å². The molecule has 0 fully saturated rings. The first-order valence-corrected chi connectivity index (χ1v) is 9.10. The molecule has 1 heterocycles. The molecular formula is C13H24ClN3O3S2. The summed E-state index contributed by atoms with van der Waals surface area (Å²) in [5.41, 5.74) is 5.62. The van der Waals surface area contributed by atoms with Gasteiger partial charge in [0.25, 0.3) is 0 Å². The summed E-state index contributed by atoms with van der Waals surface area (Å²) in [6.45, 7) is 6.06. The van der Waals surface area contributed by atoms with E-state index in [0.717, 1.165) is 16.2 Å². The summed E-state index contributed by atoms with van der Waals surface area (Å²) in [6, 6.07) is 2.98. The van der Waals surface area contributed by atoms with Gasteiger partial charge in [-0.05, 0) is 24.5 Å². The molecule has 0 saturated carbocycles. The maximum Gasteiger partial charge on any atom is 0.250 e. The molecule has 0 aliphatic heterocycles. The number of nitrogens with two attached hydrogens (primary N) is 1. The van der Waals surface area contributed by atoms with Gasteiger partial charge in [-0.25, -0.2) is 13.1 Å². The highest BCUT2D eigenvalue weighted by molar-refractivity contribution is 7.91. The average molecular weight is 370 g/mol. The molecule has 0 saturated heterocycles. The number of nitrogens with one attached hydrogen (secondary N) is 2. The van der Waals surface area contributed by atoms with Gasteiger partial charge in [0, 0.05) is 24.4 Å². The van der Waals surface area contributed by atoms with Gasteiger partial charge in [-0.3, -0.25) is 4.79 Å². The molecule has 1 aromatic rings. The molecule has 0 radical (unpaired) electrons. The number of rotatable bonds is 8. The van der Waals surface area contributed by atoms with E-state index in [1.54, 1.807) is 12.1 Å². The Balaban J connectivity index is 0.00000441. The van der Waals surface area contributed by atoms with Crippen molar-refractivity contribution in [2.24, 2.45) is 11.7 Å². The normalized spacial score (nSPS) is 12.8. The van der Waals surface area contributed by atoms with Crippen molar-refractivity contribution in [2.75, 3.05) is 6.54 Å². The van der Waals surface area contributed by atoms with Crippen LogP contribution in [0.3, 0.4) is 0 Å². The van der Waals surface area contributed by atoms with Crippen LogP contribution in [0.4, 0.5) is 0 Å². The van der Waals surface area contributed by atoms with Crippen LogP contribution < -0.4 is 15.8 Å². The van der Waals surface area contributed by atoms with Crippen molar-refractivity contribution in [1.82, 2.24) is 10.0 Å². The van der Waals surface area contributed by atoms with Crippen LogP contribution in [0.2, 0.25) is 0 Å². The average Bonchev–Trinajstić information content (AvgIpc) is 2.84. The summed E-state index contributed by atoms with van der Waals surface area (Å²) < 4.78 is 27.5. The molecular weight excluding hydrogens is 346 g/mol. The molecule has 1 atom stereocenters. The van der Waals surface area contributed by atoms with Crippen molar-refractivity contribution < 1.29 is 13.2 Å². The lowest BCUT2D eigenvalue weighted by molar-refractivity contribution is -0.119. The minimum Gasteiger partial charge on any atom is -0.351 e.